The Morgan fingerprint density at radius 2 is 2.12 bits per heavy atom. The number of sulfone groups is 1. The maximum absolute atomic E-state index is 11.3. The average Bonchev–Trinajstić information content (AvgIpc) is 2.36. The van der Waals surface area contributed by atoms with E-state index in [1.54, 1.807) is 0 Å². The molecule has 0 radical (unpaired) electrons. The van der Waals surface area contributed by atoms with E-state index in [4.69, 9.17) is 0 Å². The summed E-state index contributed by atoms with van der Waals surface area (Å²) in [6.45, 7) is 9.18. The van der Waals surface area contributed by atoms with Gasteiger partial charge >= 0.3 is 0 Å². The summed E-state index contributed by atoms with van der Waals surface area (Å²) in [6, 6.07) is 0.456. The van der Waals surface area contributed by atoms with Crippen LogP contribution in [0.15, 0.2) is 0 Å². The zero-order valence-electron chi connectivity index (χ0n) is 11.5. The summed E-state index contributed by atoms with van der Waals surface area (Å²) in [4.78, 5) is 2.31. The Bertz CT molecular complexity index is 342. The lowest BCUT2D eigenvalue weighted by atomic mass is 9.98. The lowest BCUT2D eigenvalue weighted by Gasteiger charge is -2.34. The highest BCUT2D eigenvalue weighted by molar-refractivity contribution is 7.90. The highest BCUT2D eigenvalue weighted by Crippen LogP contribution is 2.18. The van der Waals surface area contributed by atoms with Gasteiger partial charge in [0.15, 0.2) is 0 Å². The molecule has 0 aromatic carbocycles. The van der Waals surface area contributed by atoms with Gasteiger partial charge in [0, 0.05) is 30.9 Å². The zero-order chi connectivity index (χ0) is 13.1. The number of nitrogens with one attached hydrogen (secondary N) is 1. The van der Waals surface area contributed by atoms with Crippen LogP contribution < -0.4 is 5.32 Å². The number of nitrogens with zero attached hydrogens (tertiary/aromatic N) is 1. The van der Waals surface area contributed by atoms with E-state index < -0.39 is 9.84 Å². The minimum Gasteiger partial charge on any atom is -0.310 e. The first-order valence-corrected chi connectivity index (χ1v) is 8.48. The van der Waals surface area contributed by atoms with Gasteiger partial charge in [-0.15, -0.1) is 0 Å². The van der Waals surface area contributed by atoms with E-state index in [2.05, 4.69) is 31.0 Å². The molecule has 1 aliphatic heterocycles. The molecule has 1 aliphatic rings. The molecule has 2 atom stereocenters. The van der Waals surface area contributed by atoms with Crippen LogP contribution in [0.5, 0.6) is 0 Å². The van der Waals surface area contributed by atoms with Gasteiger partial charge in [0.25, 0.3) is 0 Å². The van der Waals surface area contributed by atoms with Gasteiger partial charge in [0.05, 0.1) is 5.75 Å². The van der Waals surface area contributed by atoms with Crippen LogP contribution in [0, 0.1) is 0 Å². The van der Waals surface area contributed by atoms with E-state index >= 15 is 0 Å². The van der Waals surface area contributed by atoms with Crippen molar-refractivity contribution in [3.8, 4) is 0 Å². The lowest BCUT2D eigenvalue weighted by molar-refractivity contribution is 0.181. The van der Waals surface area contributed by atoms with Crippen LogP contribution in [-0.2, 0) is 9.84 Å². The minimum absolute atomic E-state index is 0.113. The fraction of sp³-hybridized carbons (Fsp3) is 1.00. The van der Waals surface area contributed by atoms with E-state index in [0.717, 1.165) is 25.9 Å². The van der Waals surface area contributed by atoms with Gasteiger partial charge < -0.3 is 5.32 Å². The molecule has 5 heteroatoms. The Morgan fingerprint density at radius 3 is 2.65 bits per heavy atom. The summed E-state index contributed by atoms with van der Waals surface area (Å²) in [5, 5.41) is 3.57. The summed E-state index contributed by atoms with van der Waals surface area (Å²) in [5.41, 5.74) is 0.113. The van der Waals surface area contributed by atoms with E-state index in [9.17, 15) is 8.42 Å². The molecule has 0 aromatic rings. The van der Waals surface area contributed by atoms with Crippen LogP contribution in [0.3, 0.4) is 0 Å². The Morgan fingerprint density at radius 1 is 1.47 bits per heavy atom. The van der Waals surface area contributed by atoms with Gasteiger partial charge in [-0.2, -0.15) is 0 Å². The molecule has 1 heterocycles. The van der Waals surface area contributed by atoms with Crippen molar-refractivity contribution in [2.24, 2.45) is 0 Å². The standard InChI is InChI=1S/C12H26N2O2S/c1-5-12(3)10-14(8-9-17(4,15)16)11(2)6-7-13-12/h11,13H,5-10H2,1-4H3. The molecule has 1 saturated heterocycles. The van der Waals surface area contributed by atoms with Crippen molar-refractivity contribution in [2.75, 3.05) is 31.6 Å². The van der Waals surface area contributed by atoms with Gasteiger partial charge in [0.2, 0.25) is 0 Å². The molecule has 0 spiro atoms. The van der Waals surface area contributed by atoms with E-state index in [-0.39, 0.29) is 11.3 Å². The molecule has 0 bridgehead atoms. The van der Waals surface area contributed by atoms with Crippen molar-refractivity contribution < 1.29 is 8.42 Å². The van der Waals surface area contributed by atoms with Gasteiger partial charge in [-0.3, -0.25) is 4.90 Å². The van der Waals surface area contributed by atoms with Gasteiger partial charge in [-0.1, -0.05) is 6.92 Å². The third-order valence-corrected chi connectivity index (χ3v) is 4.74. The molecule has 0 aliphatic carbocycles. The second-order valence-electron chi connectivity index (χ2n) is 5.58. The maximum Gasteiger partial charge on any atom is 0.148 e. The van der Waals surface area contributed by atoms with Crippen molar-refractivity contribution in [1.29, 1.82) is 0 Å². The monoisotopic (exact) mass is 262 g/mol. The summed E-state index contributed by atoms with van der Waals surface area (Å²) >= 11 is 0. The molecule has 0 amide bonds. The Hall–Kier alpha value is -0.130. The third-order valence-electron chi connectivity index (χ3n) is 3.82. The van der Waals surface area contributed by atoms with Crippen molar-refractivity contribution in [3.63, 3.8) is 0 Å². The number of hydrogen-bond donors (Lipinski definition) is 1. The van der Waals surface area contributed by atoms with Crippen molar-refractivity contribution in [2.45, 2.75) is 45.2 Å². The first-order valence-electron chi connectivity index (χ1n) is 6.42. The van der Waals surface area contributed by atoms with Crippen molar-refractivity contribution in [1.82, 2.24) is 10.2 Å². The summed E-state index contributed by atoms with van der Waals surface area (Å²) < 4.78 is 22.5. The van der Waals surface area contributed by atoms with Crippen molar-refractivity contribution in [3.05, 3.63) is 0 Å². The molecular formula is C12H26N2O2S. The van der Waals surface area contributed by atoms with Crippen LogP contribution in [0.4, 0.5) is 0 Å². The molecule has 0 aromatic heterocycles. The summed E-state index contributed by atoms with van der Waals surface area (Å²) in [7, 11) is -2.86. The molecule has 2 unspecified atom stereocenters. The molecule has 17 heavy (non-hydrogen) atoms. The molecule has 1 fully saturated rings. The van der Waals surface area contributed by atoms with Gasteiger partial charge in [-0.25, -0.2) is 8.42 Å². The van der Waals surface area contributed by atoms with Crippen LogP contribution in [0.1, 0.15) is 33.6 Å². The zero-order valence-corrected chi connectivity index (χ0v) is 12.3. The summed E-state index contributed by atoms with van der Waals surface area (Å²) in [6.07, 6.45) is 3.46. The maximum atomic E-state index is 11.3. The summed E-state index contributed by atoms with van der Waals surface area (Å²) in [5.74, 6) is 0.261. The van der Waals surface area contributed by atoms with Gasteiger partial charge in [0.1, 0.15) is 9.84 Å². The first-order chi connectivity index (χ1) is 7.76. The normalized spacial score (nSPS) is 32.4. The van der Waals surface area contributed by atoms with E-state index in [0.29, 0.717) is 12.6 Å². The fourth-order valence-electron chi connectivity index (χ4n) is 2.24. The van der Waals surface area contributed by atoms with E-state index in [1.807, 2.05) is 0 Å². The first kappa shape index (κ1) is 14.9. The number of rotatable bonds is 4. The molecule has 102 valence electrons. The SMILES string of the molecule is CCC1(C)CN(CCS(C)(=O)=O)C(C)CCN1. The predicted molar refractivity (Wildman–Crippen MR) is 72.1 cm³/mol. The lowest BCUT2D eigenvalue weighted by Crippen LogP contribution is -2.50. The molecule has 1 rings (SSSR count). The minimum atomic E-state index is -2.86. The van der Waals surface area contributed by atoms with Crippen LogP contribution in [0.2, 0.25) is 0 Å². The quantitative estimate of drug-likeness (QED) is 0.817. The second kappa shape index (κ2) is 5.67. The highest BCUT2D eigenvalue weighted by atomic mass is 32.2. The van der Waals surface area contributed by atoms with Gasteiger partial charge in [-0.05, 0) is 33.2 Å². The van der Waals surface area contributed by atoms with Crippen molar-refractivity contribution >= 4 is 9.84 Å². The topological polar surface area (TPSA) is 49.4 Å². The Balaban J connectivity index is 2.66. The number of hydrogen-bond acceptors (Lipinski definition) is 4. The average molecular weight is 262 g/mol. The van der Waals surface area contributed by atoms with E-state index in [1.165, 1.54) is 6.26 Å². The molecule has 0 saturated carbocycles. The third kappa shape index (κ3) is 4.94. The van der Waals surface area contributed by atoms with Crippen LogP contribution >= 0.6 is 0 Å². The molecule has 1 N–H and O–H groups in total. The second-order valence-corrected chi connectivity index (χ2v) is 7.84. The largest absolute Gasteiger partial charge is 0.310 e. The van der Waals surface area contributed by atoms with Crippen LogP contribution in [-0.4, -0.2) is 56.5 Å². The van der Waals surface area contributed by atoms with Crippen LogP contribution in [0.25, 0.3) is 0 Å². The smallest absolute Gasteiger partial charge is 0.148 e. The Labute approximate surface area is 106 Å². The molecular weight excluding hydrogens is 236 g/mol. The highest BCUT2D eigenvalue weighted by Gasteiger charge is 2.30. The fourth-order valence-corrected chi connectivity index (χ4v) is 2.81. The Kier molecular flexibility index (Phi) is 4.98. The predicted octanol–water partition coefficient (Wildman–Crippen LogP) is 0.884. The molecule has 4 nitrogen and oxygen atoms in total.